The van der Waals surface area contributed by atoms with Crippen LogP contribution >= 0.6 is 0 Å². The summed E-state index contributed by atoms with van der Waals surface area (Å²) < 4.78 is 0. The van der Waals surface area contributed by atoms with Crippen molar-refractivity contribution in [3.8, 4) is 0 Å². The van der Waals surface area contributed by atoms with E-state index in [1.165, 1.54) is 5.57 Å². The molecule has 0 aliphatic heterocycles. The second-order valence-electron chi connectivity index (χ2n) is 5.15. The molecule has 0 spiro atoms. The Morgan fingerprint density at radius 3 is 2.61 bits per heavy atom. The first-order chi connectivity index (χ1) is 8.48. The van der Waals surface area contributed by atoms with Crippen LogP contribution in [-0.4, -0.2) is 11.3 Å². The number of nitrogens with zero attached hydrogens (tertiary/aromatic N) is 1. The molecule has 2 heteroatoms. The van der Waals surface area contributed by atoms with Crippen LogP contribution in [0.25, 0.3) is 0 Å². The van der Waals surface area contributed by atoms with Gasteiger partial charge in [0.05, 0.1) is 0 Å². The van der Waals surface area contributed by atoms with Crippen molar-refractivity contribution in [2.24, 2.45) is 0 Å². The summed E-state index contributed by atoms with van der Waals surface area (Å²) in [4.78, 5) is 15.0. The van der Waals surface area contributed by atoms with Gasteiger partial charge < -0.3 is 0 Å². The number of carbonyl (C=O) groups excluding carboxylic acids is 1. The Balaban J connectivity index is 3.17. The molecule has 96 valence electrons. The van der Waals surface area contributed by atoms with Gasteiger partial charge in [0.15, 0.2) is 0 Å². The van der Waals surface area contributed by atoms with Gasteiger partial charge in [-0.15, -0.1) is 0 Å². The standard InChI is InChI=1S/C16H21NO/c1-13(2)7-8-16(4,10-14(3)12-18)15-6-5-9-17-11-15/h5-7,9-12H,8H2,1-4H3/b14-10+. The lowest BCUT2D eigenvalue weighted by atomic mass is 9.78. The van der Waals surface area contributed by atoms with Crippen LogP contribution < -0.4 is 0 Å². The Morgan fingerprint density at radius 1 is 1.39 bits per heavy atom. The van der Waals surface area contributed by atoms with E-state index in [4.69, 9.17) is 0 Å². The van der Waals surface area contributed by atoms with Gasteiger partial charge in [-0.05, 0) is 44.4 Å². The average Bonchev–Trinajstić information content (AvgIpc) is 2.37. The van der Waals surface area contributed by atoms with Gasteiger partial charge in [-0.2, -0.15) is 0 Å². The first kappa shape index (κ1) is 14.4. The van der Waals surface area contributed by atoms with E-state index in [0.29, 0.717) is 0 Å². The lowest BCUT2D eigenvalue weighted by Gasteiger charge is -2.25. The van der Waals surface area contributed by atoms with Gasteiger partial charge in [0, 0.05) is 17.8 Å². The Kier molecular flexibility index (Phi) is 5.02. The molecule has 1 rings (SSSR count). The van der Waals surface area contributed by atoms with E-state index in [2.05, 4.69) is 37.9 Å². The molecule has 0 saturated carbocycles. The first-order valence-corrected chi connectivity index (χ1v) is 6.16. The van der Waals surface area contributed by atoms with Crippen molar-refractivity contribution in [3.05, 3.63) is 53.4 Å². The lowest BCUT2D eigenvalue weighted by molar-refractivity contribution is -0.104. The third-order valence-electron chi connectivity index (χ3n) is 2.99. The number of aldehydes is 1. The Bertz CT molecular complexity index is 455. The van der Waals surface area contributed by atoms with Gasteiger partial charge in [0.1, 0.15) is 6.29 Å². The molecule has 0 fully saturated rings. The quantitative estimate of drug-likeness (QED) is 0.447. The SMILES string of the molecule is CC(C)=CCC(C)(/C=C(\C)C=O)c1cccnc1. The highest BCUT2D eigenvalue weighted by molar-refractivity contribution is 5.72. The molecule has 2 nitrogen and oxygen atoms in total. The summed E-state index contributed by atoms with van der Waals surface area (Å²) in [6, 6.07) is 3.99. The van der Waals surface area contributed by atoms with Crippen LogP contribution in [0.1, 0.15) is 39.7 Å². The van der Waals surface area contributed by atoms with Crippen molar-refractivity contribution in [2.75, 3.05) is 0 Å². The minimum absolute atomic E-state index is 0.184. The second-order valence-corrected chi connectivity index (χ2v) is 5.15. The second kappa shape index (κ2) is 6.29. The lowest BCUT2D eigenvalue weighted by Crippen LogP contribution is -2.19. The van der Waals surface area contributed by atoms with Crippen LogP contribution in [-0.2, 0) is 10.2 Å². The highest BCUT2D eigenvalue weighted by atomic mass is 16.1. The van der Waals surface area contributed by atoms with Crippen LogP contribution in [0.15, 0.2) is 47.8 Å². The molecule has 0 radical (unpaired) electrons. The Labute approximate surface area is 109 Å². The zero-order chi connectivity index (χ0) is 13.6. The van der Waals surface area contributed by atoms with Crippen LogP contribution in [0, 0.1) is 0 Å². The first-order valence-electron chi connectivity index (χ1n) is 6.16. The van der Waals surface area contributed by atoms with Crippen molar-refractivity contribution >= 4 is 6.29 Å². The highest BCUT2D eigenvalue weighted by Gasteiger charge is 2.23. The molecule has 0 aliphatic carbocycles. The molecule has 0 N–H and O–H groups in total. The monoisotopic (exact) mass is 243 g/mol. The summed E-state index contributed by atoms with van der Waals surface area (Å²) in [6.45, 7) is 8.14. The molecule has 0 bridgehead atoms. The van der Waals surface area contributed by atoms with E-state index in [1.54, 1.807) is 6.20 Å². The summed E-state index contributed by atoms with van der Waals surface area (Å²) in [5.41, 5.74) is 2.98. The summed E-state index contributed by atoms with van der Waals surface area (Å²) >= 11 is 0. The predicted octanol–water partition coefficient (Wildman–Crippen LogP) is 3.84. The number of hydrogen-bond acceptors (Lipinski definition) is 2. The minimum atomic E-state index is -0.184. The predicted molar refractivity (Wildman–Crippen MR) is 75.5 cm³/mol. The van der Waals surface area contributed by atoms with Crippen molar-refractivity contribution in [1.82, 2.24) is 4.98 Å². The molecule has 1 heterocycles. The molecule has 0 amide bonds. The molecule has 1 atom stereocenters. The maximum atomic E-state index is 10.9. The molecule has 0 aliphatic rings. The van der Waals surface area contributed by atoms with E-state index in [1.807, 2.05) is 25.3 Å². The van der Waals surface area contributed by atoms with E-state index in [9.17, 15) is 4.79 Å². The van der Waals surface area contributed by atoms with Crippen molar-refractivity contribution in [1.29, 1.82) is 0 Å². The van der Waals surface area contributed by atoms with Crippen molar-refractivity contribution in [2.45, 2.75) is 39.5 Å². The summed E-state index contributed by atoms with van der Waals surface area (Å²) in [7, 11) is 0. The number of rotatable bonds is 5. The van der Waals surface area contributed by atoms with Gasteiger partial charge in [-0.25, -0.2) is 0 Å². The van der Waals surface area contributed by atoms with E-state index < -0.39 is 0 Å². The zero-order valence-electron chi connectivity index (χ0n) is 11.6. The normalized spacial score (nSPS) is 14.8. The molecule has 1 unspecified atom stereocenters. The molecule has 1 aromatic rings. The van der Waals surface area contributed by atoms with Gasteiger partial charge in [0.25, 0.3) is 0 Å². The smallest absolute Gasteiger partial charge is 0.145 e. The van der Waals surface area contributed by atoms with Gasteiger partial charge in [0.2, 0.25) is 0 Å². The summed E-state index contributed by atoms with van der Waals surface area (Å²) in [6.07, 6.45) is 9.62. The van der Waals surface area contributed by atoms with Gasteiger partial charge in [-0.3, -0.25) is 9.78 Å². The number of allylic oxidation sites excluding steroid dienone is 4. The van der Waals surface area contributed by atoms with Crippen LogP contribution in [0.3, 0.4) is 0 Å². The number of hydrogen-bond donors (Lipinski definition) is 0. The molecular formula is C16H21NO. The Morgan fingerprint density at radius 2 is 2.11 bits per heavy atom. The molecule has 0 aromatic carbocycles. The molecular weight excluding hydrogens is 222 g/mol. The average molecular weight is 243 g/mol. The Hall–Kier alpha value is -1.70. The van der Waals surface area contributed by atoms with E-state index in [-0.39, 0.29) is 5.41 Å². The fraction of sp³-hybridized carbons (Fsp3) is 0.375. The fourth-order valence-electron chi connectivity index (χ4n) is 1.91. The number of aromatic nitrogens is 1. The van der Waals surface area contributed by atoms with Crippen molar-refractivity contribution in [3.63, 3.8) is 0 Å². The largest absolute Gasteiger partial charge is 0.298 e. The summed E-state index contributed by atoms with van der Waals surface area (Å²) in [5, 5.41) is 0. The highest BCUT2D eigenvalue weighted by Crippen LogP contribution is 2.30. The van der Waals surface area contributed by atoms with Crippen LogP contribution in [0.5, 0.6) is 0 Å². The molecule has 18 heavy (non-hydrogen) atoms. The molecule has 0 saturated heterocycles. The maximum Gasteiger partial charge on any atom is 0.145 e. The topological polar surface area (TPSA) is 30.0 Å². The van der Waals surface area contributed by atoms with E-state index >= 15 is 0 Å². The van der Waals surface area contributed by atoms with Crippen molar-refractivity contribution < 1.29 is 4.79 Å². The summed E-state index contributed by atoms with van der Waals surface area (Å²) in [5.74, 6) is 0. The van der Waals surface area contributed by atoms with Gasteiger partial charge >= 0.3 is 0 Å². The maximum absolute atomic E-state index is 10.9. The van der Waals surface area contributed by atoms with E-state index in [0.717, 1.165) is 23.8 Å². The van der Waals surface area contributed by atoms with Crippen LogP contribution in [0.4, 0.5) is 0 Å². The fourth-order valence-corrected chi connectivity index (χ4v) is 1.91. The minimum Gasteiger partial charge on any atom is -0.298 e. The zero-order valence-corrected chi connectivity index (χ0v) is 11.6. The van der Waals surface area contributed by atoms with Crippen LogP contribution in [0.2, 0.25) is 0 Å². The third kappa shape index (κ3) is 3.95. The third-order valence-corrected chi connectivity index (χ3v) is 2.99. The number of carbonyl (C=O) groups is 1. The molecule has 1 aromatic heterocycles. The number of pyridine rings is 1. The van der Waals surface area contributed by atoms with Gasteiger partial charge in [-0.1, -0.05) is 30.7 Å².